The van der Waals surface area contributed by atoms with Crippen LogP contribution in [0.25, 0.3) is 10.9 Å². The van der Waals surface area contributed by atoms with Crippen LogP contribution in [0.2, 0.25) is 0 Å². The Morgan fingerprint density at radius 2 is 1.80 bits per heavy atom. The Balaban J connectivity index is 1.27. The van der Waals surface area contributed by atoms with Crippen molar-refractivity contribution in [2.75, 3.05) is 57.7 Å². The second-order valence-corrected chi connectivity index (χ2v) is 10.2. The largest absolute Gasteiger partial charge is 0.494 e. The smallest absolute Gasteiger partial charge is 0.325 e. The van der Waals surface area contributed by atoms with Crippen LogP contribution in [0.3, 0.4) is 0 Å². The molecular weight excluding hydrogens is 520 g/mol. The Morgan fingerprint density at radius 1 is 1.07 bits per heavy atom. The number of aromatic nitrogens is 2. The van der Waals surface area contributed by atoms with E-state index in [1.807, 2.05) is 66.5 Å². The Labute approximate surface area is 239 Å². The maximum atomic E-state index is 13.0. The third-order valence-corrected chi connectivity index (χ3v) is 7.81. The number of hydrogen-bond acceptors (Lipinski definition) is 7. The van der Waals surface area contributed by atoms with Crippen LogP contribution in [0.4, 0.5) is 22.0 Å². The fraction of sp³-hybridized carbons (Fsp3) is 0.323. The number of carbonyl (C=O) groups excluding carboxylic acids is 2. The molecule has 0 bridgehead atoms. The van der Waals surface area contributed by atoms with Crippen molar-refractivity contribution in [3.05, 3.63) is 78.1 Å². The van der Waals surface area contributed by atoms with Crippen LogP contribution in [0.5, 0.6) is 5.75 Å². The predicted molar refractivity (Wildman–Crippen MR) is 161 cm³/mol. The van der Waals surface area contributed by atoms with Gasteiger partial charge in [-0.2, -0.15) is 0 Å². The Morgan fingerprint density at radius 3 is 2.49 bits per heavy atom. The number of aliphatic hydroxyl groups is 1. The summed E-state index contributed by atoms with van der Waals surface area (Å²) < 4.78 is 7.04. The second-order valence-electron chi connectivity index (χ2n) is 10.2. The Kier molecular flexibility index (Phi) is 8.51. The van der Waals surface area contributed by atoms with Gasteiger partial charge in [-0.3, -0.25) is 9.36 Å². The van der Waals surface area contributed by atoms with E-state index in [0.717, 1.165) is 54.8 Å². The van der Waals surface area contributed by atoms with Crippen molar-refractivity contribution in [1.29, 1.82) is 0 Å². The number of benzene rings is 2. The zero-order valence-corrected chi connectivity index (χ0v) is 23.6. The van der Waals surface area contributed by atoms with Crippen LogP contribution >= 0.6 is 0 Å². The maximum absolute atomic E-state index is 13.0. The van der Waals surface area contributed by atoms with E-state index < -0.39 is 0 Å². The van der Waals surface area contributed by atoms with Crippen molar-refractivity contribution in [1.82, 2.24) is 19.8 Å². The van der Waals surface area contributed by atoms with Crippen LogP contribution < -0.4 is 20.3 Å². The summed E-state index contributed by atoms with van der Waals surface area (Å²) in [5.41, 5.74) is 4.27. The number of anilines is 3. The molecule has 0 atom stereocenters. The first-order valence-electron chi connectivity index (χ1n) is 13.8. The summed E-state index contributed by atoms with van der Waals surface area (Å²) in [7, 11) is 5.09. The molecule has 0 spiro atoms. The van der Waals surface area contributed by atoms with Gasteiger partial charge >= 0.3 is 6.03 Å². The number of β-amino-alcohol motifs (C(OH)–C–C–N with tert-alkyl or cyclic N) is 1. The molecule has 5 rings (SSSR count). The molecule has 0 radical (unpaired) electrons. The summed E-state index contributed by atoms with van der Waals surface area (Å²) in [5.74, 6) is 1.30. The van der Waals surface area contributed by atoms with Gasteiger partial charge in [0.05, 0.1) is 25.4 Å². The lowest BCUT2D eigenvalue weighted by Gasteiger charge is -2.31. The molecular formula is C31H36N6O4. The number of amides is 2. The fourth-order valence-corrected chi connectivity index (χ4v) is 5.42. The number of hydrogen-bond donors (Lipinski definition) is 3. The van der Waals surface area contributed by atoms with E-state index in [1.165, 1.54) is 10.1 Å². The molecule has 1 fully saturated rings. The lowest BCUT2D eigenvalue weighted by molar-refractivity contribution is 0.102. The highest BCUT2D eigenvalue weighted by molar-refractivity contribution is 6.04. The van der Waals surface area contributed by atoms with Gasteiger partial charge in [0.15, 0.2) is 0 Å². The average Bonchev–Trinajstić information content (AvgIpc) is 3.39. The van der Waals surface area contributed by atoms with Crippen molar-refractivity contribution < 1.29 is 19.4 Å². The highest BCUT2D eigenvalue weighted by Crippen LogP contribution is 2.34. The van der Waals surface area contributed by atoms with Crippen molar-refractivity contribution in [2.45, 2.75) is 18.8 Å². The van der Waals surface area contributed by atoms with E-state index in [0.29, 0.717) is 23.0 Å². The number of rotatable bonds is 8. The van der Waals surface area contributed by atoms with Crippen molar-refractivity contribution in [2.24, 2.45) is 0 Å². The summed E-state index contributed by atoms with van der Waals surface area (Å²) in [6.45, 7) is 2.89. The maximum Gasteiger partial charge on any atom is 0.325 e. The average molecular weight is 557 g/mol. The molecule has 1 aliphatic rings. The molecule has 3 N–H and O–H groups in total. The number of nitrogens with zero attached hydrogens (tertiary/aromatic N) is 4. The van der Waals surface area contributed by atoms with Crippen molar-refractivity contribution in [3.63, 3.8) is 0 Å². The number of pyridine rings is 1. The molecule has 3 heterocycles. The second kappa shape index (κ2) is 12.4. The third-order valence-electron chi connectivity index (χ3n) is 7.81. The summed E-state index contributed by atoms with van der Waals surface area (Å²) in [6.07, 6.45) is 5.43. The normalized spacial score (nSPS) is 14.1. The minimum absolute atomic E-state index is 0.197. The van der Waals surface area contributed by atoms with E-state index in [-0.39, 0.29) is 18.5 Å². The van der Waals surface area contributed by atoms with E-state index in [1.54, 1.807) is 26.6 Å². The third kappa shape index (κ3) is 6.03. The lowest BCUT2D eigenvalue weighted by Crippen LogP contribution is -2.34. The summed E-state index contributed by atoms with van der Waals surface area (Å²) in [5, 5.41) is 15.5. The van der Waals surface area contributed by atoms with Gasteiger partial charge in [-0.1, -0.05) is 12.1 Å². The zero-order chi connectivity index (χ0) is 28.9. The predicted octanol–water partition coefficient (Wildman–Crippen LogP) is 4.42. The van der Waals surface area contributed by atoms with Gasteiger partial charge in [-0.15, -0.1) is 0 Å². The first kappa shape index (κ1) is 28.1. The van der Waals surface area contributed by atoms with Gasteiger partial charge in [0.25, 0.3) is 5.91 Å². The van der Waals surface area contributed by atoms with Crippen LogP contribution in [-0.4, -0.2) is 78.9 Å². The molecule has 0 saturated carbocycles. The number of nitrogens with one attached hydrogen (secondary N) is 2. The molecule has 10 nitrogen and oxygen atoms in total. The number of methoxy groups -OCH3 is 1. The molecule has 4 aromatic rings. The Hall–Kier alpha value is -4.41. The van der Waals surface area contributed by atoms with Gasteiger partial charge in [-0.25, -0.2) is 9.78 Å². The topological polar surface area (TPSA) is 112 Å². The summed E-state index contributed by atoms with van der Waals surface area (Å²) in [6, 6.07) is 17.0. The van der Waals surface area contributed by atoms with E-state index >= 15 is 0 Å². The molecule has 10 heteroatoms. The Bertz CT molecular complexity index is 1530. The first-order valence-corrected chi connectivity index (χ1v) is 13.8. The van der Waals surface area contributed by atoms with Crippen LogP contribution in [-0.2, 0) is 0 Å². The quantitative estimate of drug-likeness (QED) is 0.295. The fourth-order valence-electron chi connectivity index (χ4n) is 5.42. The molecule has 1 saturated heterocycles. The van der Waals surface area contributed by atoms with Gasteiger partial charge in [0.2, 0.25) is 0 Å². The molecule has 0 aliphatic carbocycles. The molecule has 2 amide bonds. The molecule has 0 unspecified atom stereocenters. The molecule has 41 heavy (non-hydrogen) atoms. The van der Waals surface area contributed by atoms with Gasteiger partial charge in [-0.05, 0) is 73.8 Å². The zero-order valence-electron chi connectivity index (χ0n) is 23.6. The summed E-state index contributed by atoms with van der Waals surface area (Å²) in [4.78, 5) is 33.9. The molecule has 2 aromatic carbocycles. The number of likely N-dealkylation sites (tertiary alicyclic amines) is 1. The first-order chi connectivity index (χ1) is 19.9. The van der Waals surface area contributed by atoms with Crippen LogP contribution in [0.1, 0.15) is 34.7 Å². The number of carbonyl (C=O) groups is 2. The lowest BCUT2D eigenvalue weighted by atomic mass is 9.89. The SMILES string of the molecule is CNC(=O)n1cc(OC)c2cc(N(C)c3ccnc(NC(=O)c4ccc(C5CCN(CCO)CC5)cc4)c3)ccc21. The van der Waals surface area contributed by atoms with Gasteiger partial charge in [0.1, 0.15) is 11.6 Å². The monoisotopic (exact) mass is 556 g/mol. The molecule has 214 valence electrons. The van der Waals surface area contributed by atoms with Crippen LogP contribution in [0, 0.1) is 0 Å². The molecule has 1 aliphatic heterocycles. The number of piperidine rings is 1. The number of ether oxygens (including phenoxy) is 1. The van der Waals surface area contributed by atoms with E-state index in [9.17, 15) is 9.59 Å². The minimum Gasteiger partial charge on any atom is -0.494 e. The number of aliphatic hydroxyl groups excluding tert-OH is 1. The van der Waals surface area contributed by atoms with Crippen LogP contribution in [0.15, 0.2) is 67.0 Å². The van der Waals surface area contributed by atoms with E-state index in [4.69, 9.17) is 9.84 Å². The number of fused-ring (bicyclic) bond motifs is 1. The highest BCUT2D eigenvalue weighted by Gasteiger charge is 2.21. The van der Waals surface area contributed by atoms with Gasteiger partial charge in [0, 0.05) is 55.2 Å². The highest BCUT2D eigenvalue weighted by atomic mass is 16.5. The van der Waals surface area contributed by atoms with Crippen molar-refractivity contribution in [3.8, 4) is 5.75 Å². The standard InChI is InChI=1S/C31H36N6O4/c1-32-31(40)37-20-28(41-3)26-18-24(8-9-27(26)37)35(2)25-10-13-33-29(19-25)34-30(39)23-6-4-21(5-7-23)22-11-14-36(15-12-22)16-17-38/h4-10,13,18-20,22,38H,11-12,14-17H2,1-3H3,(H,32,40)(H,33,34,39). The minimum atomic E-state index is -0.247. The summed E-state index contributed by atoms with van der Waals surface area (Å²) >= 11 is 0. The van der Waals surface area contributed by atoms with Gasteiger partial charge < -0.3 is 30.3 Å². The van der Waals surface area contributed by atoms with E-state index in [2.05, 4.69) is 20.5 Å². The van der Waals surface area contributed by atoms with Crippen molar-refractivity contribution >= 4 is 40.0 Å². The molecule has 2 aromatic heterocycles.